The van der Waals surface area contributed by atoms with E-state index in [0.717, 1.165) is 44.5 Å². The zero-order valence-electron chi connectivity index (χ0n) is 26.0. The lowest BCUT2D eigenvalue weighted by Gasteiger charge is -2.27. The number of carbonyl (C=O) groups is 2. The number of nitrogens with zero attached hydrogens (tertiary/aromatic N) is 3. The lowest BCUT2D eigenvalue weighted by molar-refractivity contribution is -0.131. The third-order valence-electron chi connectivity index (χ3n) is 8.62. The van der Waals surface area contributed by atoms with E-state index in [1.807, 2.05) is 37.3 Å². The number of hydrogen-bond donors (Lipinski definition) is 3. The second-order valence-electron chi connectivity index (χ2n) is 11.7. The first-order valence-electron chi connectivity index (χ1n) is 15.1. The van der Waals surface area contributed by atoms with Crippen LogP contribution >= 0.6 is 11.6 Å². The molecular weight excluding hydrogens is 608 g/mol. The van der Waals surface area contributed by atoms with Gasteiger partial charge in [-0.2, -0.15) is 5.10 Å². The van der Waals surface area contributed by atoms with E-state index < -0.39 is 11.5 Å². The molecule has 2 amide bonds. The number of morpholine rings is 1. The minimum Gasteiger partial charge on any atom is -0.481 e. The summed E-state index contributed by atoms with van der Waals surface area (Å²) in [7, 11) is 3.11. The zero-order valence-corrected chi connectivity index (χ0v) is 26.8. The predicted molar refractivity (Wildman–Crippen MR) is 175 cm³/mol. The van der Waals surface area contributed by atoms with Gasteiger partial charge in [-0.05, 0) is 54.2 Å². The molecule has 3 atom stereocenters. The third-order valence-corrected chi connectivity index (χ3v) is 9.03. The van der Waals surface area contributed by atoms with Gasteiger partial charge in [0.2, 0.25) is 11.8 Å². The van der Waals surface area contributed by atoms with Crippen LogP contribution in [0.1, 0.15) is 40.0 Å². The Balaban J connectivity index is 1.29. The summed E-state index contributed by atoms with van der Waals surface area (Å²) in [6.07, 6.45) is 2.24. The summed E-state index contributed by atoms with van der Waals surface area (Å²) in [5.74, 6) is 0.180. The molecule has 1 aliphatic carbocycles. The minimum absolute atomic E-state index is 0.0000796. The molecule has 0 saturated carbocycles. The SMILES string of the molecule is COc1nc(-c2cccc(-c3cccc(NC(=O)c4ccnn(C)c4=O)c3C)c2Cl)cc2c1[C@@H](NC[C@@H]1COCC(=O)N1)[C@@H](C)C2. The number of pyridine rings is 1. The highest BCUT2D eigenvalue weighted by molar-refractivity contribution is 6.36. The summed E-state index contributed by atoms with van der Waals surface area (Å²) in [4.78, 5) is 42.1. The molecular formula is C34H35ClN6O5. The number of fused-ring (bicyclic) bond motifs is 1. The summed E-state index contributed by atoms with van der Waals surface area (Å²) in [6.45, 7) is 5.21. The molecule has 2 aromatic heterocycles. The van der Waals surface area contributed by atoms with Gasteiger partial charge in [0.25, 0.3) is 11.5 Å². The number of ether oxygens (including phenoxy) is 2. The molecule has 3 N–H and O–H groups in total. The molecule has 2 aliphatic rings. The number of carbonyl (C=O) groups excluding carboxylic acids is 2. The highest BCUT2D eigenvalue weighted by Crippen LogP contribution is 2.44. The molecule has 1 aliphatic heterocycles. The minimum atomic E-state index is -0.517. The van der Waals surface area contributed by atoms with Gasteiger partial charge in [0.05, 0.1) is 30.5 Å². The molecule has 6 rings (SSSR count). The zero-order chi connectivity index (χ0) is 32.5. The lowest BCUT2D eigenvalue weighted by Crippen LogP contribution is -2.51. The largest absolute Gasteiger partial charge is 0.481 e. The maximum atomic E-state index is 13.0. The number of aromatic nitrogens is 3. The van der Waals surface area contributed by atoms with Crippen LogP contribution in [0, 0.1) is 12.8 Å². The lowest BCUT2D eigenvalue weighted by atomic mass is 9.96. The van der Waals surface area contributed by atoms with Crippen molar-refractivity contribution in [1.29, 1.82) is 0 Å². The van der Waals surface area contributed by atoms with Gasteiger partial charge in [-0.25, -0.2) is 9.67 Å². The van der Waals surface area contributed by atoms with Crippen LogP contribution in [-0.4, -0.2) is 59.5 Å². The number of halogens is 1. The van der Waals surface area contributed by atoms with Crippen molar-refractivity contribution in [2.45, 2.75) is 32.4 Å². The van der Waals surface area contributed by atoms with Gasteiger partial charge in [-0.3, -0.25) is 14.4 Å². The second-order valence-corrected chi connectivity index (χ2v) is 12.1. The van der Waals surface area contributed by atoms with Gasteiger partial charge < -0.3 is 25.4 Å². The number of anilines is 1. The van der Waals surface area contributed by atoms with Gasteiger partial charge in [0.1, 0.15) is 12.2 Å². The van der Waals surface area contributed by atoms with Gasteiger partial charge in [-0.15, -0.1) is 0 Å². The molecule has 0 radical (unpaired) electrons. The molecule has 238 valence electrons. The number of methoxy groups -OCH3 is 1. The first kappa shape index (κ1) is 31.4. The number of aryl methyl sites for hydroxylation is 1. The fraction of sp³-hybridized carbons (Fsp3) is 0.324. The van der Waals surface area contributed by atoms with Crippen LogP contribution in [0.5, 0.6) is 5.88 Å². The number of benzene rings is 2. The topological polar surface area (TPSA) is 136 Å². The average molecular weight is 643 g/mol. The highest BCUT2D eigenvalue weighted by Gasteiger charge is 2.35. The maximum Gasteiger partial charge on any atom is 0.279 e. The summed E-state index contributed by atoms with van der Waals surface area (Å²) in [5, 5.41) is 13.8. The van der Waals surface area contributed by atoms with E-state index in [1.165, 1.54) is 19.3 Å². The van der Waals surface area contributed by atoms with E-state index in [4.69, 9.17) is 26.1 Å². The molecule has 46 heavy (non-hydrogen) atoms. The van der Waals surface area contributed by atoms with E-state index in [9.17, 15) is 14.4 Å². The van der Waals surface area contributed by atoms with Crippen LogP contribution < -0.4 is 26.2 Å². The van der Waals surface area contributed by atoms with Crippen molar-refractivity contribution in [3.05, 3.63) is 92.4 Å². The van der Waals surface area contributed by atoms with Crippen molar-refractivity contribution in [3.8, 4) is 28.3 Å². The Morgan fingerprint density at radius 2 is 1.91 bits per heavy atom. The Morgan fingerprint density at radius 1 is 1.15 bits per heavy atom. The van der Waals surface area contributed by atoms with Crippen molar-refractivity contribution in [3.63, 3.8) is 0 Å². The number of hydrogen-bond acceptors (Lipinski definition) is 8. The molecule has 3 heterocycles. The molecule has 4 aromatic rings. The first-order valence-corrected chi connectivity index (χ1v) is 15.4. The highest BCUT2D eigenvalue weighted by atomic mass is 35.5. The molecule has 0 spiro atoms. The van der Waals surface area contributed by atoms with Gasteiger partial charge >= 0.3 is 0 Å². The first-order chi connectivity index (χ1) is 22.2. The van der Waals surface area contributed by atoms with Crippen molar-refractivity contribution in [2.24, 2.45) is 13.0 Å². The third kappa shape index (κ3) is 6.01. The Morgan fingerprint density at radius 3 is 2.70 bits per heavy atom. The van der Waals surface area contributed by atoms with E-state index in [1.54, 1.807) is 13.2 Å². The number of rotatable bonds is 8. The van der Waals surface area contributed by atoms with Gasteiger partial charge in [0, 0.05) is 48.2 Å². The summed E-state index contributed by atoms with van der Waals surface area (Å²) in [5.41, 5.74) is 6.06. The molecule has 1 fully saturated rings. The van der Waals surface area contributed by atoms with Crippen LogP contribution in [0.4, 0.5) is 5.69 Å². The van der Waals surface area contributed by atoms with Crippen LogP contribution in [0.25, 0.3) is 22.4 Å². The molecule has 0 unspecified atom stereocenters. The second kappa shape index (κ2) is 13.0. The van der Waals surface area contributed by atoms with E-state index in [-0.39, 0.29) is 36.1 Å². The molecule has 0 bridgehead atoms. The van der Waals surface area contributed by atoms with E-state index in [2.05, 4.69) is 34.0 Å². The number of nitrogens with one attached hydrogen (secondary N) is 3. The maximum absolute atomic E-state index is 13.0. The smallest absolute Gasteiger partial charge is 0.279 e. The van der Waals surface area contributed by atoms with E-state index >= 15 is 0 Å². The Kier molecular flexibility index (Phi) is 8.90. The molecule has 11 nitrogen and oxygen atoms in total. The Labute approximate surface area is 271 Å². The molecule has 2 aromatic carbocycles. The Bertz CT molecular complexity index is 1890. The standard InChI is InChI=1S/C34H35ClN6O5/c1-18-13-20-14-27(40-33(45-4)29(20)31(18)36-15-21-16-46-17-28(42)38-21)24-9-5-8-23(30(24)35)22-7-6-10-26(19(22)2)39-32(43)25-11-12-37-41(3)34(25)44/h5-12,14,18,21,31,36H,13,15-17H2,1-4H3,(H,38,42)(H,39,43)/t18-,21+,31-/m0/s1. The van der Waals surface area contributed by atoms with Crippen molar-refractivity contribution in [2.75, 3.05) is 32.2 Å². The van der Waals surface area contributed by atoms with Crippen LogP contribution in [0.2, 0.25) is 5.02 Å². The summed E-state index contributed by atoms with van der Waals surface area (Å²) < 4.78 is 12.3. The van der Waals surface area contributed by atoms with Crippen molar-refractivity contribution >= 4 is 29.1 Å². The quantitative estimate of drug-likeness (QED) is 0.262. The van der Waals surface area contributed by atoms with E-state index in [0.29, 0.717) is 35.4 Å². The average Bonchev–Trinajstić information content (AvgIpc) is 3.36. The summed E-state index contributed by atoms with van der Waals surface area (Å²) >= 11 is 7.12. The van der Waals surface area contributed by atoms with Gasteiger partial charge in [-0.1, -0.05) is 48.9 Å². The normalized spacial score (nSPS) is 19.0. The van der Waals surface area contributed by atoms with Crippen molar-refractivity contribution < 1.29 is 19.1 Å². The predicted octanol–water partition coefficient (Wildman–Crippen LogP) is 4.07. The fourth-order valence-electron chi connectivity index (χ4n) is 6.28. The Hall–Kier alpha value is -4.58. The molecule has 12 heteroatoms. The monoisotopic (exact) mass is 642 g/mol. The number of amides is 2. The summed E-state index contributed by atoms with van der Waals surface area (Å²) in [6, 6.07) is 14.7. The van der Waals surface area contributed by atoms with Crippen molar-refractivity contribution in [1.82, 2.24) is 25.4 Å². The fourth-order valence-corrected chi connectivity index (χ4v) is 6.61. The molecule has 1 saturated heterocycles. The van der Waals surface area contributed by atoms with Crippen LogP contribution in [0.3, 0.4) is 0 Å². The van der Waals surface area contributed by atoms with Crippen LogP contribution in [-0.2, 0) is 23.0 Å². The van der Waals surface area contributed by atoms with Gasteiger partial charge in [0.15, 0.2) is 0 Å². The van der Waals surface area contributed by atoms with Crippen LogP contribution in [0.15, 0.2) is 59.5 Å².